The number of nitro groups is 1. The van der Waals surface area contributed by atoms with Crippen molar-refractivity contribution in [3.8, 4) is 22.6 Å². The Morgan fingerprint density at radius 2 is 1.46 bits per heavy atom. The lowest BCUT2D eigenvalue weighted by molar-refractivity contribution is -0.385. The standard InChI is InChI=1S/C29H17F3N2O5/c30-29(31,32)22-14-15-26(24(17-22)34(36)37)38-25-9-5-4-8-21(25)16-23-28(35)39-27(33-23)20-12-10-19(11-13-20)18-6-2-1-3-7-18/h1-17H/b23-16-. The molecule has 0 saturated carbocycles. The second kappa shape index (κ2) is 10.3. The zero-order valence-electron chi connectivity index (χ0n) is 19.9. The van der Waals surface area contributed by atoms with Crippen LogP contribution in [0.3, 0.4) is 0 Å². The van der Waals surface area contributed by atoms with Gasteiger partial charge in [0.1, 0.15) is 5.75 Å². The summed E-state index contributed by atoms with van der Waals surface area (Å²) >= 11 is 0. The number of ether oxygens (including phenoxy) is 2. The Kier molecular flexibility index (Phi) is 6.68. The number of para-hydroxylation sites is 1. The van der Waals surface area contributed by atoms with Crippen LogP contribution in [0, 0.1) is 10.1 Å². The van der Waals surface area contributed by atoms with Gasteiger partial charge in [-0.05, 0) is 47.5 Å². The number of aliphatic imine (C=N–C) groups is 1. The molecule has 0 aliphatic carbocycles. The van der Waals surface area contributed by atoms with Crippen molar-refractivity contribution in [2.75, 3.05) is 0 Å². The summed E-state index contributed by atoms with van der Waals surface area (Å²) in [7, 11) is 0. The van der Waals surface area contributed by atoms with Crippen molar-refractivity contribution < 1.29 is 32.4 Å². The van der Waals surface area contributed by atoms with Gasteiger partial charge in [0.05, 0.1) is 10.5 Å². The smallest absolute Gasteiger partial charge is 0.416 e. The van der Waals surface area contributed by atoms with Crippen LogP contribution in [0.5, 0.6) is 11.5 Å². The molecule has 0 bridgehead atoms. The van der Waals surface area contributed by atoms with Gasteiger partial charge in [0.15, 0.2) is 5.70 Å². The van der Waals surface area contributed by atoms with Crippen molar-refractivity contribution in [1.29, 1.82) is 0 Å². The van der Waals surface area contributed by atoms with Gasteiger partial charge in [-0.1, -0.05) is 60.7 Å². The van der Waals surface area contributed by atoms with E-state index in [1.807, 2.05) is 42.5 Å². The van der Waals surface area contributed by atoms with Crippen LogP contribution in [0.15, 0.2) is 108 Å². The molecule has 4 aromatic rings. The lowest BCUT2D eigenvalue weighted by Crippen LogP contribution is -2.06. The average Bonchev–Trinajstić information content (AvgIpc) is 3.29. The molecule has 1 aliphatic rings. The highest BCUT2D eigenvalue weighted by Crippen LogP contribution is 2.39. The number of halogens is 3. The second-order valence-corrected chi connectivity index (χ2v) is 8.36. The maximum absolute atomic E-state index is 13.0. The van der Waals surface area contributed by atoms with Crippen LogP contribution >= 0.6 is 0 Å². The van der Waals surface area contributed by atoms with Crippen LogP contribution in [-0.4, -0.2) is 16.8 Å². The predicted molar refractivity (Wildman–Crippen MR) is 137 cm³/mol. The minimum atomic E-state index is -4.76. The summed E-state index contributed by atoms with van der Waals surface area (Å²) in [5.41, 5.74) is 0.814. The Morgan fingerprint density at radius 3 is 2.15 bits per heavy atom. The molecule has 0 N–H and O–H groups in total. The molecule has 5 rings (SSSR count). The van der Waals surface area contributed by atoms with Gasteiger partial charge < -0.3 is 9.47 Å². The highest BCUT2D eigenvalue weighted by atomic mass is 19.4. The van der Waals surface area contributed by atoms with E-state index in [0.717, 1.165) is 17.2 Å². The van der Waals surface area contributed by atoms with Crippen LogP contribution in [-0.2, 0) is 15.7 Å². The number of carbonyl (C=O) groups is 1. The number of alkyl halides is 3. The molecule has 10 heteroatoms. The van der Waals surface area contributed by atoms with E-state index in [4.69, 9.17) is 9.47 Å². The fourth-order valence-corrected chi connectivity index (χ4v) is 3.85. The number of carbonyl (C=O) groups excluding carboxylic acids is 1. The first-order chi connectivity index (χ1) is 18.7. The molecule has 1 heterocycles. The van der Waals surface area contributed by atoms with E-state index in [0.29, 0.717) is 23.3 Å². The summed E-state index contributed by atoms with van der Waals surface area (Å²) < 4.78 is 50.1. The summed E-state index contributed by atoms with van der Waals surface area (Å²) in [5, 5.41) is 11.4. The van der Waals surface area contributed by atoms with Gasteiger partial charge in [-0.2, -0.15) is 13.2 Å². The number of cyclic esters (lactones) is 1. The Bertz CT molecular complexity index is 1630. The van der Waals surface area contributed by atoms with Crippen molar-refractivity contribution in [3.63, 3.8) is 0 Å². The Balaban J connectivity index is 1.43. The number of esters is 1. The molecule has 0 atom stereocenters. The van der Waals surface area contributed by atoms with E-state index in [-0.39, 0.29) is 17.3 Å². The van der Waals surface area contributed by atoms with Gasteiger partial charge in [0, 0.05) is 17.2 Å². The van der Waals surface area contributed by atoms with E-state index in [9.17, 15) is 28.1 Å². The van der Waals surface area contributed by atoms with E-state index in [1.54, 1.807) is 30.3 Å². The summed E-state index contributed by atoms with van der Waals surface area (Å²) in [6, 6.07) is 25.2. The average molecular weight is 530 g/mol. The summed E-state index contributed by atoms with van der Waals surface area (Å²) in [6.07, 6.45) is -3.38. The Labute approximate surface area is 219 Å². The van der Waals surface area contributed by atoms with Gasteiger partial charge >= 0.3 is 17.8 Å². The number of hydrogen-bond donors (Lipinski definition) is 0. The molecule has 0 amide bonds. The zero-order chi connectivity index (χ0) is 27.6. The minimum absolute atomic E-state index is 0.0462. The molecule has 39 heavy (non-hydrogen) atoms. The molecule has 0 spiro atoms. The molecular formula is C29H17F3N2O5. The third-order valence-corrected chi connectivity index (χ3v) is 5.77. The molecule has 7 nitrogen and oxygen atoms in total. The van der Waals surface area contributed by atoms with Gasteiger partial charge in [-0.25, -0.2) is 9.79 Å². The van der Waals surface area contributed by atoms with E-state index >= 15 is 0 Å². The fraction of sp³-hybridized carbons (Fsp3) is 0.0345. The predicted octanol–water partition coefficient (Wildman–Crippen LogP) is 7.42. The van der Waals surface area contributed by atoms with Crippen molar-refractivity contribution in [1.82, 2.24) is 0 Å². The van der Waals surface area contributed by atoms with Crippen LogP contribution in [0.25, 0.3) is 17.2 Å². The second-order valence-electron chi connectivity index (χ2n) is 8.36. The van der Waals surface area contributed by atoms with Gasteiger partial charge in [-0.15, -0.1) is 0 Å². The third kappa shape index (κ3) is 5.54. The van der Waals surface area contributed by atoms with Gasteiger partial charge in [-0.3, -0.25) is 10.1 Å². The normalized spacial score (nSPS) is 14.2. The molecule has 0 aromatic heterocycles. The molecule has 0 saturated heterocycles. The zero-order valence-corrected chi connectivity index (χ0v) is 19.9. The summed E-state index contributed by atoms with van der Waals surface area (Å²) in [6.45, 7) is 0. The first kappa shape index (κ1) is 25.4. The molecular weight excluding hydrogens is 513 g/mol. The Morgan fingerprint density at radius 1 is 0.821 bits per heavy atom. The van der Waals surface area contributed by atoms with E-state index < -0.39 is 34.1 Å². The summed E-state index contributed by atoms with van der Waals surface area (Å²) in [5.74, 6) is -0.942. The van der Waals surface area contributed by atoms with Crippen molar-refractivity contribution in [2.45, 2.75) is 6.18 Å². The SMILES string of the molecule is O=C1OC(c2ccc(-c3ccccc3)cc2)=N/C1=C\c1ccccc1Oc1ccc(C(F)(F)F)cc1[N+](=O)[O-]. The molecule has 0 fully saturated rings. The van der Waals surface area contributed by atoms with E-state index in [1.165, 1.54) is 12.1 Å². The van der Waals surface area contributed by atoms with E-state index in [2.05, 4.69) is 4.99 Å². The Hall–Kier alpha value is -5.25. The maximum atomic E-state index is 13.0. The topological polar surface area (TPSA) is 91.0 Å². The lowest BCUT2D eigenvalue weighted by atomic mass is 10.0. The first-order valence-corrected chi connectivity index (χ1v) is 11.5. The summed E-state index contributed by atoms with van der Waals surface area (Å²) in [4.78, 5) is 27.3. The number of nitro benzene ring substituents is 1. The largest absolute Gasteiger partial charge is 0.449 e. The highest BCUT2D eigenvalue weighted by Gasteiger charge is 2.33. The van der Waals surface area contributed by atoms with Gasteiger partial charge in [0.25, 0.3) is 0 Å². The van der Waals surface area contributed by atoms with Crippen LogP contribution in [0.2, 0.25) is 0 Å². The monoisotopic (exact) mass is 530 g/mol. The quantitative estimate of drug-likeness (QED) is 0.112. The van der Waals surface area contributed by atoms with Crippen molar-refractivity contribution in [3.05, 3.63) is 130 Å². The molecule has 194 valence electrons. The van der Waals surface area contributed by atoms with Crippen LogP contribution in [0.4, 0.5) is 18.9 Å². The molecule has 0 radical (unpaired) electrons. The fourth-order valence-electron chi connectivity index (χ4n) is 3.85. The first-order valence-electron chi connectivity index (χ1n) is 11.5. The third-order valence-electron chi connectivity index (χ3n) is 5.77. The number of nitrogens with zero attached hydrogens (tertiary/aromatic N) is 2. The molecule has 0 unspecified atom stereocenters. The van der Waals surface area contributed by atoms with Crippen molar-refractivity contribution in [2.24, 2.45) is 4.99 Å². The highest BCUT2D eigenvalue weighted by molar-refractivity contribution is 6.13. The maximum Gasteiger partial charge on any atom is 0.416 e. The molecule has 4 aromatic carbocycles. The number of rotatable bonds is 6. The lowest BCUT2D eigenvalue weighted by Gasteiger charge is -2.11. The van der Waals surface area contributed by atoms with Crippen LogP contribution in [0.1, 0.15) is 16.7 Å². The number of hydrogen-bond acceptors (Lipinski definition) is 6. The minimum Gasteiger partial charge on any atom is -0.449 e. The molecule has 1 aliphatic heterocycles. The van der Waals surface area contributed by atoms with Crippen LogP contribution < -0.4 is 4.74 Å². The van der Waals surface area contributed by atoms with Crippen molar-refractivity contribution >= 4 is 23.6 Å². The number of benzene rings is 4. The van der Waals surface area contributed by atoms with Gasteiger partial charge in [0.2, 0.25) is 11.6 Å².